The fourth-order valence-electron chi connectivity index (χ4n) is 3.01. The van der Waals surface area contributed by atoms with E-state index in [-0.39, 0.29) is 18.3 Å². The molecule has 4 rings (SSSR count). The van der Waals surface area contributed by atoms with Crippen LogP contribution < -0.4 is 10.1 Å². The summed E-state index contributed by atoms with van der Waals surface area (Å²) in [5, 5.41) is 5.93. The lowest BCUT2D eigenvalue weighted by atomic mass is 10.1. The van der Waals surface area contributed by atoms with Crippen LogP contribution in [0.1, 0.15) is 5.56 Å². The average molecular weight is 453 g/mol. The van der Waals surface area contributed by atoms with Crippen LogP contribution in [-0.4, -0.2) is 17.5 Å². The molecule has 1 aromatic heterocycles. The third-order valence-electron chi connectivity index (χ3n) is 4.58. The number of amides is 1. The number of halogens is 2. The van der Waals surface area contributed by atoms with Crippen LogP contribution in [-0.2, 0) is 4.79 Å². The van der Waals surface area contributed by atoms with Crippen LogP contribution in [0.4, 0.5) is 10.1 Å². The monoisotopic (exact) mass is 452 g/mol. The van der Waals surface area contributed by atoms with E-state index in [1.807, 2.05) is 30.5 Å². The van der Waals surface area contributed by atoms with Gasteiger partial charge in [-0.05, 0) is 48.9 Å². The predicted molar refractivity (Wildman–Crippen MR) is 123 cm³/mol. The van der Waals surface area contributed by atoms with Crippen molar-refractivity contribution in [1.29, 1.82) is 0 Å². The SMILES string of the molecule is Cc1cc(OCC(=O)Nc2ccccc2-c2csc(-c3ccccc3F)n2)ccc1Cl. The molecule has 0 bridgehead atoms. The van der Waals surface area contributed by atoms with Crippen LogP contribution in [0.5, 0.6) is 5.75 Å². The maximum atomic E-state index is 14.1. The minimum absolute atomic E-state index is 0.146. The van der Waals surface area contributed by atoms with Crippen molar-refractivity contribution >= 4 is 34.5 Å². The molecule has 0 atom stereocenters. The Kier molecular flexibility index (Phi) is 6.30. The highest BCUT2D eigenvalue weighted by molar-refractivity contribution is 7.13. The number of nitrogens with one attached hydrogen (secondary N) is 1. The number of thiazole rings is 1. The number of para-hydroxylation sites is 1. The minimum atomic E-state index is -0.320. The zero-order valence-electron chi connectivity index (χ0n) is 16.6. The highest BCUT2D eigenvalue weighted by Gasteiger charge is 2.14. The summed E-state index contributed by atoms with van der Waals surface area (Å²) in [7, 11) is 0. The Bertz CT molecular complexity index is 1240. The number of rotatable bonds is 6. The van der Waals surface area contributed by atoms with Gasteiger partial charge in [0.1, 0.15) is 16.6 Å². The van der Waals surface area contributed by atoms with Crippen molar-refractivity contribution in [3.05, 3.63) is 88.5 Å². The summed E-state index contributed by atoms with van der Waals surface area (Å²) in [6.07, 6.45) is 0. The van der Waals surface area contributed by atoms with Crippen LogP contribution in [0, 0.1) is 12.7 Å². The standard InChI is InChI=1S/C24H18ClFN2O2S/c1-15-12-16(10-11-19(15)25)30-13-23(29)27-21-9-5-3-7-18(21)22-14-31-24(28-22)17-6-2-4-8-20(17)26/h2-12,14H,13H2,1H3,(H,27,29). The van der Waals surface area contributed by atoms with E-state index in [9.17, 15) is 9.18 Å². The van der Waals surface area contributed by atoms with Crippen molar-refractivity contribution in [2.24, 2.45) is 0 Å². The van der Waals surface area contributed by atoms with Crippen molar-refractivity contribution in [2.45, 2.75) is 6.92 Å². The number of hydrogen-bond acceptors (Lipinski definition) is 4. The third-order valence-corrected chi connectivity index (χ3v) is 5.88. The Morgan fingerprint density at radius 3 is 2.61 bits per heavy atom. The summed E-state index contributed by atoms with van der Waals surface area (Å²) in [4.78, 5) is 17.0. The number of anilines is 1. The number of hydrogen-bond donors (Lipinski definition) is 1. The quantitative estimate of drug-likeness (QED) is 0.358. The molecule has 3 aromatic carbocycles. The Balaban J connectivity index is 1.49. The molecule has 1 amide bonds. The molecule has 0 aliphatic carbocycles. The zero-order chi connectivity index (χ0) is 21.8. The topological polar surface area (TPSA) is 51.2 Å². The van der Waals surface area contributed by atoms with Crippen molar-refractivity contribution < 1.29 is 13.9 Å². The normalized spacial score (nSPS) is 10.7. The Hall–Kier alpha value is -3.22. The van der Waals surface area contributed by atoms with Crippen LogP contribution in [0.25, 0.3) is 21.8 Å². The van der Waals surface area contributed by atoms with Gasteiger partial charge in [0.25, 0.3) is 5.91 Å². The van der Waals surface area contributed by atoms with Gasteiger partial charge >= 0.3 is 0 Å². The van der Waals surface area contributed by atoms with E-state index in [1.165, 1.54) is 17.4 Å². The van der Waals surface area contributed by atoms with E-state index in [0.29, 0.717) is 32.7 Å². The molecule has 0 saturated heterocycles. The summed E-state index contributed by atoms with van der Waals surface area (Å²) >= 11 is 7.37. The first-order chi connectivity index (χ1) is 15.0. The van der Waals surface area contributed by atoms with Gasteiger partial charge in [0.2, 0.25) is 0 Å². The molecular formula is C24H18ClFN2O2S. The van der Waals surface area contributed by atoms with E-state index >= 15 is 0 Å². The fraction of sp³-hybridized carbons (Fsp3) is 0.0833. The second-order valence-corrected chi connectivity index (χ2v) is 8.08. The average Bonchev–Trinajstić information content (AvgIpc) is 3.25. The van der Waals surface area contributed by atoms with E-state index in [2.05, 4.69) is 10.3 Å². The summed E-state index contributed by atoms with van der Waals surface area (Å²) < 4.78 is 19.7. The van der Waals surface area contributed by atoms with Gasteiger partial charge in [-0.1, -0.05) is 41.9 Å². The largest absolute Gasteiger partial charge is 0.484 e. The van der Waals surface area contributed by atoms with E-state index in [1.54, 1.807) is 42.5 Å². The number of carbonyl (C=O) groups is 1. The Labute approximate surface area is 188 Å². The molecule has 4 aromatic rings. The van der Waals surface area contributed by atoms with Crippen molar-refractivity contribution in [3.63, 3.8) is 0 Å². The van der Waals surface area contributed by atoms with Gasteiger partial charge in [-0.15, -0.1) is 11.3 Å². The molecule has 0 aliphatic rings. The first kappa shape index (κ1) is 21.0. The molecule has 0 saturated carbocycles. The lowest BCUT2D eigenvalue weighted by Gasteiger charge is -2.11. The highest BCUT2D eigenvalue weighted by atomic mass is 35.5. The number of aromatic nitrogens is 1. The molecule has 0 aliphatic heterocycles. The molecule has 1 heterocycles. The molecule has 0 unspecified atom stereocenters. The second-order valence-electron chi connectivity index (χ2n) is 6.81. The number of benzene rings is 3. The number of carbonyl (C=O) groups excluding carboxylic acids is 1. The lowest BCUT2D eigenvalue weighted by molar-refractivity contribution is -0.118. The molecule has 0 fully saturated rings. The van der Waals surface area contributed by atoms with Crippen LogP contribution in [0.3, 0.4) is 0 Å². The third kappa shape index (κ3) is 4.93. The predicted octanol–water partition coefficient (Wildman–Crippen LogP) is 6.60. The number of ether oxygens (including phenoxy) is 1. The molecule has 4 nitrogen and oxygen atoms in total. The molecule has 1 N–H and O–H groups in total. The van der Waals surface area contributed by atoms with Gasteiger partial charge in [0.05, 0.1) is 11.4 Å². The van der Waals surface area contributed by atoms with E-state index in [4.69, 9.17) is 16.3 Å². The lowest BCUT2D eigenvalue weighted by Crippen LogP contribution is -2.20. The van der Waals surface area contributed by atoms with Gasteiger partial charge in [0.15, 0.2) is 6.61 Å². The minimum Gasteiger partial charge on any atom is -0.484 e. The molecule has 0 radical (unpaired) electrons. The van der Waals surface area contributed by atoms with Crippen molar-refractivity contribution in [3.8, 4) is 27.6 Å². The summed E-state index contributed by atoms with van der Waals surface area (Å²) in [5.74, 6) is -0.0523. The highest BCUT2D eigenvalue weighted by Crippen LogP contribution is 2.33. The summed E-state index contributed by atoms with van der Waals surface area (Å²) in [6, 6.07) is 19.1. The molecule has 7 heteroatoms. The van der Waals surface area contributed by atoms with Crippen LogP contribution in [0.15, 0.2) is 72.1 Å². The maximum Gasteiger partial charge on any atom is 0.262 e. The van der Waals surface area contributed by atoms with Gasteiger partial charge in [-0.3, -0.25) is 4.79 Å². The van der Waals surface area contributed by atoms with Gasteiger partial charge in [-0.2, -0.15) is 0 Å². The van der Waals surface area contributed by atoms with Crippen LogP contribution >= 0.6 is 22.9 Å². The Morgan fingerprint density at radius 2 is 1.84 bits per heavy atom. The van der Waals surface area contributed by atoms with Crippen molar-refractivity contribution in [2.75, 3.05) is 11.9 Å². The maximum absolute atomic E-state index is 14.1. The van der Waals surface area contributed by atoms with E-state index in [0.717, 1.165) is 11.1 Å². The number of nitrogens with zero attached hydrogens (tertiary/aromatic N) is 1. The number of aryl methyl sites for hydroxylation is 1. The molecule has 31 heavy (non-hydrogen) atoms. The molecular weight excluding hydrogens is 435 g/mol. The first-order valence-electron chi connectivity index (χ1n) is 9.50. The van der Waals surface area contributed by atoms with E-state index < -0.39 is 0 Å². The van der Waals surface area contributed by atoms with Gasteiger partial charge in [0, 0.05) is 21.5 Å². The first-order valence-corrected chi connectivity index (χ1v) is 10.8. The summed E-state index contributed by atoms with van der Waals surface area (Å²) in [6.45, 7) is 1.72. The smallest absolute Gasteiger partial charge is 0.262 e. The summed E-state index contributed by atoms with van der Waals surface area (Å²) in [5.41, 5.74) is 3.34. The Morgan fingerprint density at radius 1 is 1.10 bits per heavy atom. The molecule has 156 valence electrons. The molecule has 0 spiro atoms. The second kappa shape index (κ2) is 9.29. The van der Waals surface area contributed by atoms with Gasteiger partial charge in [-0.25, -0.2) is 9.37 Å². The fourth-order valence-corrected chi connectivity index (χ4v) is 3.98. The van der Waals surface area contributed by atoms with Gasteiger partial charge < -0.3 is 10.1 Å². The zero-order valence-corrected chi connectivity index (χ0v) is 18.1. The van der Waals surface area contributed by atoms with Crippen LogP contribution in [0.2, 0.25) is 5.02 Å². The van der Waals surface area contributed by atoms with Crippen molar-refractivity contribution in [1.82, 2.24) is 4.98 Å².